The Hall–Kier alpha value is -3.06. The molecule has 146 valence electrons. The zero-order chi connectivity index (χ0) is 19.9. The Bertz CT molecular complexity index is 914. The molecule has 0 amide bonds. The molecule has 7 heteroatoms. The maximum Gasteiger partial charge on any atom is 0.225 e. The van der Waals surface area contributed by atoms with Crippen molar-refractivity contribution in [2.75, 3.05) is 37.8 Å². The van der Waals surface area contributed by atoms with E-state index in [-0.39, 0.29) is 5.82 Å². The van der Waals surface area contributed by atoms with E-state index < -0.39 is 0 Å². The molecule has 6 nitrogen and oxygen atoms in total. The van der Waals surface area contributed by atoms with Gasteiger partial charge < -0.3 is 15.5 Å². The summed E-state index contributed by atoms with van der Waals surface area (Å²) in [6.07, 6.45) is 4.45. The van der Waals surface area contributed by atoms with E-state index in [0.29, 0.717) is 23.0 Å². The molecular formula is C21H25FN6. The van der Waals surface area contributed by atoms with E-state index in [0.717, 1.165) is 30.8 Å². The highest BCUT2D eigenvalue weighted by Gasteiger charge is 2.08. The van der Waals surface area contributed by atoms with E-state index >= 15 is 0 Å². The van der Waals surface area contributed by atoms with E-state index in [1.807, 2.05) is 38.4 Å². The van der Waals surface area contributed by atoms with Gasteiger partial charge in [0.05, 0.1) is 5.69 Å². The largest absolute Gasteiger partial charge is 0.354 e. The summed E-state index contributed by atoms with van der Waals surface area (Å²) in [5.41, 5.74) is 2.87. The van der Waals surface area contributed by atoms with E-state index in [4.69, 9.17) is 0 Å². The average Bonchev–Trinajstić information content (AvgIpc) is 2.68. The van der Waals surface area contributed by atoms with Crippen molar-refractivity contribution in [3.63, 3.8) is 0 Å². The van der Waals surface area contributed by atoms with Gasteiger partial charge in [0, 0.05) is 36.3 Å². The quantitative estimate of drug-likeness (QED) is 0.574. The number of anilines is 3. The molecule has 28 heavy (non-hydrogen) atoms. The Morgan fingerprint density at radius 3 is 2.68 bits per heavy atom. The third-order valence-electron chi connectivity index (χ3n) is 4.19. The number of hydrogen-bond donors (Lipinski definition) is 2. The van der Waals surface area contributed by atoms with Crippen molar-refractivity contribution in [2.24, 2.45) is 0 Å². The van der Waals surface area contributed by atoms with Crippen LogP contribution in [0.25, 0.3) is 11.3 Å². The van der Waals surface area contributed by atoms with Crippen LogP contribution >= 0.6 is 0 Å². The van der Waals surface area contributed by atoms with Crippen molar-refractivity contribution in [2.45, 2.75) is 13.3 Å². The van der Waals surface area contributed by atoms with Gasteiger partial charge >= 0.3 is 0 Å². The van der Waals surface area contributed by atoms with Crippen LogP contribution in [0.1, 0.15) is 12.0 Å². The van der Waals surface area contributed by atoms with Gasteiger partial charge in [-0.1, -0.05) is 6.07 Å². The molecule has 3 rings (SSSR count). The fraction of sp³-hybridized carbons (Fsp3) is 0.286. The van der Waals surface area contributed by atoms with Gasteiger partial charge in [0.2, 0.25) is 5.95 Å². The Kier molecular flexibility index (Phi) is 6.49. The van der Waals surface area contributed by atoms with Gasteiger partial charge in [-0.05, 0) is 63.8 Å². The molecule has 0 atom stereocenters. The van der Waals surface area contributed by atoms with Gasteiger partial charge in [0.1, 0.15) is 11.6 Å². The Morgan fingerprint density at radius 1 is 1.11 bits per heavy atom. The third-order valence-corrected chi connectivity index (χ3v) is 4.19. The summed E-state index contributed by atoms with van der Waals surface area (Å²) in [4.78, 5) is 15.4. The number of nitrogens with one attached hydrogen (secondary N) is 2. The molecular weight excluding hydrogens is 355 g/mol. The summed E-state index contributed by atoms with van der Waals surface area (Å²) in [5.74, 6) is 0.857. The lowest BCUT2D eigenvalue weighted by atomic mass is 10.2. The zero-order valence-corrected chi connectivity index (χ0v) is 16.4. The summed E-state index contributed by atoms with van der Waals surface area (Å²) in [7, 11) is 4.09. The first-order valence-corrected chi connectivity index (χ1v) is 9.22. The Labute approximate surface area is 164 Å². The topological polar surface area (TPSA) is 66.0 Å². The highest BCUT2D eigenvalue weighted by Crippen LogP contribution is 2.24. The van der Waals surface area contributed by atoms with E-state index in [2.05, 4.69) is 30.5 Å². The second-order valence-corrected chi connectivity index (χ2v) is 6.88. The van der Waals surface area contributed by atoms with Crippen molar-refractivity contribution >= 4 is 17.5 Å². The van der Waals surface area contributed by atoms with Crippen LogP contribution < -0.4 is 10.6 Å². The predicted octanol–water partition coefficient (Wildman–Crippen LogP) is 4.09. The molecule has 2 heterocycles. The summed E-state index contributed by atoms with van der Waals surface area (Å²) in [5, 5.41) is 6.44. The van der Waals surface area contributed by atoms with E-state index in [1.54, 1.807) is 25.4 Å². The number of nitrogens with zero attached hydrogens (tertiary/aromatic N) is 4. The molecule has 2 aromatic heterocycles. The molecule has 0 spiro atoms. The van der Waals surface area contributed by atoms with Gasteiger partial charge in [-0.25, -0.2) is 9.37 Å². The zero-order valence-electron chi connectivity index (χ0n) is 16.4. The predicted molar refractivity (Wildman–Crippen MR) is 111 cm³/mol. The number of aromatic nitrogens is 3. The number of pyridine rings is 1. The first kappa shape index (κ1) is 19.7. The van der Waals surface area contributed by atoms with Crippen LogP contribution in [-0.2, 0) is 0 Å². The lowest BCUT2D eigenvalue weighted by Crippen LogP contribution is -2.17. The average molecular weight is 380 g/mol. The Morgan fingerprint density at radius 2 is 1.96 bits per heavy atom. The standard InChI is InChI=1S/C21H25FN6/c1-15-7-8-17(12-18(15)22)25-20-13-19(16-6-4-9-23-14-16)26-21(27-20)24-10-5-11-28(2)3/h4,6-9,12-14H,5,10-11H2,1-3H3,(H2,24,25,26,27). The summed E-state index contributed by atoms with van der Waals surface area (Å²) >= 11 is 0. The summed E-state index contributed by atoms with van der Waals surface area (Å²) in [6.45, 7) is 3.47. The van der Waals surface area contributed by atoms with Gasteiger partial charge in [-0.15, -0.1) is 0 Å². The fourth-order valence-electron chi connectivity index (χ4n) is 2.67. The molecule has 0 aliphatic rings. The van der Waals surface area contributed by atoms with Crippen molar-refractivity contribution in [1.29, 1.82) is 0 Å². The van der Waals surface area contributed by atoms with Crippen LogP contribution in [0.3, 0.4) is 0 Å². The van der Waals surface area contributed by atoms with Crippen molar-refractivity contribution in [1.82, 2.24) is 19.9 Å². The maximum absolute atomic E-state index is 13.9. The molecule has 0 aliphatic heterocycles. The fourth-order valence-corrected chi connectivity index (χ4v) is 2.67. The molecule has 0 bridgehead atoms. The van der Waals surface area contributed by atoms with E-state index in [9.17, 15) is 4.39 Å². The normalized spacial score (nSPS) is 10.9. The monoisotopic (exact) mass is 380 g/mol. The number of hydrogen-bond acceptors (Lipinski definition) is 6. The number of rotatable bonds is 8. The molecule has 3 aromatic rings. The summed E-state index contributed by atoms with van der Waals surface area (Å²) < 4.78 is 13.9. The minimum Gasteiger partial charge on any atom is -0.354 e. The van der Waals surface area contributed by atoms with Gasteiger partial charge in [0.25, 0.3) is 0 Å². The SMILES string of the molecule is Cc1ccc(Nc2cc(-c3cccnc3)nc(NCCCN(C)C)n2)cc1F. The van der Waals surface area contributed by atoms with Crippen molar-refractivity contribution in [3.8, 4) is 11.3 Å². The first-order valence-electron chi connectivity index (χ1n) is 9.22. The van der Waals surface area contributed by atoms with Gasteiger partial charge in [-0.3, -0.25) is 4.98 Å². The highest BCUT2D eigenvalue weighted by atomic mass is 19.1. The molecule has 2 N–H and O–H groups in total. The second kappa shape index (κ2) is 9.23. The van der Waals surface area contributed by atoms with Crippen molar-refractivity contribution in [3.05, 3.63) is 60.2 Å². The number of halogens is 1. The van der Waals surface area contributed by atoms with Crippen LogP contribution in [0, 0.1) is 12.7 Å². The third kappa shape index (κ3) is 5.47. The van der Waals surface area contributed by atoms with Crippen LogP contribution in [0.2, 0.25) is 0 Å². The first-order chi connectivity index (χ1) is 13.5. The molecule has 0 saturated heterocycles. The Balaban J connectivity index is 1.85. The second-order valence-electron chi connectivity index (χ2n) is 6.88. The van der Waals surface area contributed by atoms with E-state index in [1.165, 1.54) is 6.07 Å². The lowest BCUT2D eigenvalue weighted by molar-refractivity contribution is 0.405. The van der Waals surface area contributed by atoms with Crippen LogP contribution in [0.4, 0.5) is 21.8 Å². The molecule has 0 saturated carbocycles. The van der Waals surface area contributed by atoms with Crippen LogP contribution in [0.5, 0.6) is 0 Å². The highest BCUT2D eigenvalue weighted by molar-refractivity contribution is 5.67. The maximum atomic E-state index is 13.9. The van der Waals surface area contributed by atoms with Crippen LogP contribution in [-0.4, -0.2) is 47.0 Å². The molecule has 0 radical (unpaired) electrons. The van der Waals surface area contributed by atoms with Gasteiger partial charge in [0.15, 0.2) is 0 Å². The molecule has 0 unspecified atom stereocenters. The summed E-state index contributed by atoms with van der Waals surface area (Å²) in [6, 6.07) is 10.7. The smallest absolute Gasteiger partial charge is 0.225 e. The van der Waals surface area contributed by atoms with Crippen LogP contribution in [0.15, 0.2) is 48.8 Å². The minimum atomic E-state index is -0.256. The number of benzene rings is 1. The lowest BCUT2D eigenvalue weighted by Gasteiger charge is -2.13. The van der Waals surface area contributed by atoms with Crippen molar-refractivity contribution < 1.29 is 4.39 Å². The molecule has 0 fully saturated rings. The van der Waals surface area contributed by atoms with Gasteiger partial charge in [-0.2, -0.15) is 4.98 Å². The molecule has 1 aromatic carbocycles. The molecule has 0 aliphatic carbocycles. The minimum absolute atomic E-state index is 0.256. The number of aryl methyl sites for hydroxylation is 1.